The maximum atomic E-state index is 10.8. The molecule has 0 fully saturated rings. The van der Waals surface area contributed by atoms with Crippen molar-refractivity contribution < 1.29 is 19.1 Å². The van der Waals surface area contributed by atoms with Crippen molar-refractivity contribution in [2.75, 3.05) is 27.4 Å². The number of methoxy groups -OCH3 is 2. The molecule has 0 saturated heterocycles. The zero-order valence-corrected chi connectivity index (χ0v) is 13.8. The molecule has 2 heterocycles. The first-order valence-corrected chi connectivity index (χ1v) is 7.55. The largest absolute Gasteiger partial charge is 0.493 e. The highest BCUT2D eigenvalue weighted by molar-refractivity contribution is 5.65. The lowest BCUT2D eigenvalue weighted by atomic mass is 10.1. The number of hydrogen-bond donors (Lipinski definition) is 0. The number of nitrogens with zero attached hydrogens (tertiary/aromatic N) is 3. The molecule has 3 aromatic rings. The van der Waals surface area contributed by atoms with Crippen LogP contribution >= 0.6 is 0 Å². The van der Waals surface area contributed by atoms with E-state index in [0.717, 1.165) is 5.56 Å². The first kappa shape index (κ1) is 16.7. The van der Waals surface area contributed by atoms with Gasteiger partial charge in [0.25, 0.3) is 5.69 Å². The Bertz CT molecular complexity index is 889. The van der Waals surface area contributed by atoms with Gasteiger partial charge in [-0.15, -0.1) is 0 Å². The molecule has 25 heavy (non-hydrogen) atoms. The molecule has 0 atom stereocenters. The molecule has 8 heteroatoms. The van der Waals surface area contributed by atoms with Crippen molar-refractivity contribution in [2.45, 2.75) is 0 Å². The monoisotopic (exact) mass is 343 g/mol. The van der Waals surface area contributed by atoms with Gasteiger partial charge in [-0.2, -0.15) is 0 Å². The zero-order valence-electron chi connectivity index (χ0n) is 13.8. The van der Waals surface area contributed by atoms with E-state index in [1.165, 1.54) is 12.1 Å². The fourth-order valence-corrected chi connectivity index (χ4v) is 2.39. The van der Waals surface area contributed by atoms with Crippen molar-refractivity contribution in [3.05, 3.63) is 52.8 Å². The Morgan fingerprint density at radius 3 is 2.52 bits per heavy atom. The number of pyridine rings is 1. The lowest BCUT2D eigenvalue weighted by molar-refractivity contribution is -0.384. The van der Waals surface area contributed by atoms with Gasteiger partial charge in [0, 0.05) is 37.1 Å². The summed E-state index contributed by atoms with van der Waals surface area (Å²) in [6.45, 7) is 0.876. The predicted octanol–water partition coefficient (Wildman–Crippen LogP) is 2.94. The Hall–Kier alpha value is -3.13. The minimum Gasteiger partial charge on any atom is -0.493 e. The van der Waals surface area contributed by atoms with Crippen molar-refractivity contribution >= 4 is 11.3 Å². The maximum absolute atomic E-state index is 10.8. The molecule has 3 rings (SSSR count). The second-order valence-corrected chi connectivity index (χ2v) is 5.24. The summed E-state index contributed by atoms with van der Waals surface area (Å²) in [5.41, 5.74) is 2.22. The average Bonchev–Trinajstić information content (AvgIpc) is 3.04. The fraction of sp³-hybridized carbons (Fsp3) is 0.235. The summed E-state index contributed by atoms with van der Waals surface area (Å²) in [6, 6.07) is 8.04. The Balaban J connectivity index is 1.94. The van der Waals surface area contributed by atoms with E-state index in [1.807, 2.05) is 10.6 Å². The van der Waals surface area contributed by atoms with Crippen LogP contribution in [0.2, 0.25) is 0 Å². The van der Waals surface area contributed by atoms with Crippen LogP contribution in [0.1, 0.15) is 0 Å². The molecule has 0 unspecified atom stereocenters. The molecule has 0 amide bonds. The average molecular weight is 343 g/mol. The van der Waals surface area contributed by atoms with E-state index >= 15 is 0 Å². The highest BCUT2D eigenvalue weighted by Gasteiger charge is 2.12. The third-order valence-electron chi connectivity index (χ3n) is 3.66. The summed E-state index contributed by atoms with van der Waals surface area (Å²) in [7, 11) is 3.17. The van der Waals surface area contributed by atoms with Crippen molar-refractivity contribution in [1.29, 1.82) is 0 Å². The van der Waals surface area contributed by atoms with Crippen LogP contribution in [-0.2, 0) is 4.74 Å². The lowest BCUT2D eigenvalue weighted by Crippen LogP contribution is -2.06. The van der Waals surface area contributed by atoms with Gasteiger partial charge in [0.1, 0.15) is 12.3 Å². The Labute approximate surface area is 143 Å². The molecule has 0 bridgehead atoms. The third kappa shape index (κ3) is 3.53. The third-order valence-corrected chi connectivity index (χ3v) is 3.66. The smallest absolute Gasteiger partial charge is 0.269 e. The fourth-order valence-electron chi connectivity index (χ4n) is 2.39. The topological polar surface area (TPSA) is 88.1 Å². The molecule has 0 saturated carbocycles. The van der Waals surface area contributed by atoms with Gasteiger partial charge < -0.3 is 18.6 Å². The van der Waals surface area contributed by atoms with Gasteiger partial charge in [0.05, 0.1) is 30.5 Å². The summed E-state index contributed by atoms with van der Waals surface area (Å²) < 4.78 is 17.8. The van der Waals surface area contributed by atoms with Gasteiger partial charge in [-0.1, -0.05) is 0 Å². The van der Waals surface area contributed by atoms with Crippen LogP contribution in [0.4, 0.5) is 5.69 Å². The van der Waals surface area contributed by atoms with E-state index in [4.69, 9.17) is 14.2 Å². The number of non-ortho nitro benzene ring substituents is 1. The number of fused-ring (bicyclic) bond motifs is 1. The number of ether oxygens (including phenoxy) is 3. The number of hydrogen-bond acceptors (Lipinski definition) is 6. The Morgan fingerprint density at radius 1 is 1.12 bits per heavy atom. The number of aromatic nitrogens is 2. The molecule has 0 aliphatic rings. The van der Waals surface area contributed by atoms with Crippen molar-refractivity contribution in [1.82, 2.24) is 9.38 Å². The van der Waals surface area contributed by atoms with Crippen LogP contribution in [0.5, 0.6) is 11.5 Å². The molecule has 0 N–H and O–H groups in total. The minimum atomic E-state index is -0.429. The number of imidazole rings is 1. The van der Waals surface area contributed by atoms with E-state index in [0.29, 0.717) is 36.1 Å². The van der Waals surface area contributed by atoms with Crippen LogP contribution in [0.3, 0.4) is 0 Å². The molecule has 0 radical (unpaired) electrons. The molecule has 0 aliphatic heterocycles. The van der Waals surface area contributed by atoms with E-state index in [2.05, 4.69) is 4.98 Å². The summed E-state index contributed by atoms with van der Waals surface area (Å²) >= 11 is 0. The highest BCUT2D eigenvalue weighted by atomic mass is 16.6. The van der Waals surface area contributed by atoms with E-state index in [1.54, 1.807) is 38.6 Å². The molecular weight excluding hydrogens is 326 g/mol. The lowest BCUT2D eigenvalue weighted by Gasteiger charge is -2.10. The van der Waals surface area contributed by atoms with Gasteiger partial charge in [-0.25, -0.2) is 4.98 Å². The van der Waals surface area contributed by atoms with Crippen LogP contribution in [0.25, 0.3) is 16.9 Å². The number of nitro groups is 1. The van der Waals surface area contributed by atoms with Crippen LogP contribution in [0.15, 0.2) is 42.7 Å². The summed E-state index contributed by atoms with van der Waals surface area (Å²) in [5, 5.41) is 10.8. The normalized spacial score (nSPS) is 10.8. The van der Waals surface area contributed by atoms with Gasteiger partial charge in [0.2, 0.25) is 0 Å². The second-order valence-electron chi connectivity index (χ2n) is 5.24. The zero-order chi connectivity index (χ0) is 17.8. The first-order valence-electron chi connectivity index (χ1n) is 7.55. The van der Waals surface area contributed by atoms with E-state index in [-0.39, 0.29) is 5.69 Å². The number of benzene rings is 1. The highest BCUT2D eigenvalue weighted by Crippen LogP contribution is 2.30. The molecule has 8 nitrogen and oxygen atoms in total. The first-order chi connectivity index (χ1) is 12.1. The maximum Gasteiger partial charge on any atom is 0.269 e. The van der Waals surface area contributed by atoms with Gasteiger partial charge in [-0.05, 0) is 12.1 Å². The van der Waals surface area contributed by atoms with Crippen molar-refractivity contribution in [3.63, 3.8) is 0 Å². The predicted molar refractivity (Wildman–Crippen MR) is 91.2 cm³/mol. The molecule has 2 aromatic heterocycles. The SMILES string of the molecule is COCCOc1cn2cc(-c3ccc([N+](=O)[O-])cc3)nc2cc1OC. The van der Waals surface area contributed by atoms with Crippen molar-refractivity contribution in [2.24, 2.45) is 0 Å². The minimum absolute atomic E-state index is 0.0445. The Morgan fingerprint density at radius 2 is 1.88 bits per heavy atom. The molecule has 130 valence electrons. The summed E-state index contributed by atoms with van der Waals surface area (Å²) in [5.74, 6) is 1.16. The molecular formula is C17H17N3O5. The van der Waals surface area contributed by atoms with E-state index < -0.39 is 4.92 Å². The number of rotatable bonds is 7. The quantitative estimate of drug-likeness (QED) is 0.372. The van der Waals surface area contributed by atoms with Gasteiger partial charge >= 0.3 is 0 Å². The van der Waals surface area contributed by atoms with Gasteiger partial charge in [-0.3, -0.25) is 10.1 Å². The molecule has 0 spiro atoms. The standard InChI is InChI=1S/C17H17N3O5/c1-23-7-8-25-16-11-19-10-14(18-17(19)9-15(16)24-2)12-3-5-13(6-4-12)20(21)22/h3-6,9-11H,7-8H2,1-2H3. The molecule has 0 aliphatic carbocycles. The van der Waals surface area contributed by atoms with Crippen molar-refractivity contribution in [3.8, 4) is 22.8 Å². The van der Waals surface area contributed by atoms with E-state index in [9.17, 15) is 10.1 Å². The van der Waals surface area contributed by atoms with Crippen LogP contribution in [0, 0.1) is 10.1 Å². The Kier molecular flexibility index (Phi) is 4.80. The summed E-state index contributed by atoms with van der Waals surface area (Å²) in [6.07, 6.45) is 3.62. The van der Waals surface area contributed by atoms with Crippen LogP contribution < -0.4 is 9.47 Å². The summed E-state index contributed by atoms with van der Waals surface area (Å²) in [4.78, 5) is 14.9. The second kappa shape index (κ2) is 7.18. The van der Waals surface area contributed by atoms with Crippen LogP contribution in [-0.4, -0.2) is 41.7 Å². The molecule has 1 aromatic carbocycles. The number of nitro benzene ring substituents is 1. The van der Waals surface area contributed by atoms with Gasteiger partial charge in [0.15, 0.2) is 11.5 Å².